The molecule has 41 heavy (non-hydrogen) atoms. The number of halogens is 8. The molecule has 15 heteroatoms. The lowest BCUT2D eigenvalue weighted by atomic mass is 10.1. The standard InChI is InChI=1S/C26H14F8N2O4S/c1-41(38,39)23-7-3-13(8-18(23)26(32,33)34)21-5-6-22(40-21)20-10-17(25(29,30)31)16(11-35)24(37)36(20)12-14-2-4-15(27)9-19(14)28/h2-10H,12H2,1H3. The zero-order chi connectivity index (χ0) is 30.5. The molecule has 0 atom stereocenters. The first-order chi connectivity index (χ1) is 18.9. The van der Waals surface area contributed by atoms with E-state index < -0.39 is 79.0 Å². The second kappa shape index (κ2) is 10.2. The Morgan fingerprint density at radius 3 is 2.07 bits per heavy atom. The molecule has 0 saturated carbocycles. The van der Waals surface area contributed by atoms with Gasteiger partial charge in [-0.1, -0.05) is 6.07 Å². The van der Waals surface area contributed by atoms with Crippen molar-refractivity contribution in [1.82, 2.24) is 4.57 Å². The van der Waals surface area contributed by atoms with Gasteiger partial charge in [0.2, 0.25) is 0 Å². The van der Waals surface area contributed by atoms with E-state index in [1.165, 1.54) is 6.07 Å². The van der Waals surface area contributed by atoms with Crippen LogP contribution in [0.25, 0.3) is 22.8 Å². The van der Waals surface area contributed by atoms with E-state index in [0.717, 1.165) is 30.3 Å². The summed E-state index contributed by atoms with van der Waals surface area (Å²) >= 11 is 0. The maximum atomic E-state index is 14.4. The molecule has 2 aromatic carbocycles. The smallest absolute Gasteiger partial charge is 0.417 e. The van der Waals surface area contributed by atoms with Crippen LogP contribution in [0.5, 0.6) is 0 Å². The number of alkyl halides is 6. The Kier molecular flexibility index (Phi) is 7.34. The monoisotopic (exact) mass is 602 g/mol. The maximum Gasteiger partial charge on any atom is 0.417 e. The molecule has 0 aliphatic heterocycles. The second-order valence-electron chi connectivity index (χ2n) is 8.70. The van der Waals surface area contributed by atoms with Crippen LogP contribution in [0.2, 0.25) is 0 Å². The lowest BCUT2D eigenvalue weighted by Crippen LogP contribution is -2.29. The Bertz CT molecular complexity index is 1880. The van der Waals surface area contributed by atoms with E-state index in [4.69, 9.17) is 4.42 Å². The molecule has 0 amide bonds. The van der Waals surface area contributed by atoms with Crippen LogP contribution in [0.15, 0.2) is 68.7 Å². The number of hydrogen-bond donors (Lipinski definition) is 0. The van der Waals surface area contributed by atoms with Gasteiger partial charge in [-0.15, -0.1) is 0 Å². The van der Waals surface area contributed by atoms with E-state index in [9.17, 15) is 53.6 Å². The predicted molar refractivity (Wildman–Crippen MR) is 127 cm³/mol. The minimum Gasteiger partial charge on any atom is -0.455 e. The minimum absolute atomic E-state index is 0.306. The normalized spacial score (nSPS) is 12.4. The van der Waals surface area contributed by atoms with Crippen molar-refractivity contribution in [1.29, 1.82) is 5.26 Å². The molecule has 0 aliphatic rings. The number of sulfone groups is 1. The summed E-state index contributed by atoms with van der Waals surface area (Å²) in [6.07, 6.45) is -9.72. The third-order valence-corrected chi connectivity index (χ3v) is 7.04. The minimum atomic E-state index is -5.20. The Hall–Kier alpha value is -4.45. The fourth-order valence-corrected chi connectivity index (χ4v) is 4.91. The van der Waals surface area contributed by atoms with E-state index >= 15 is 0 Å². The van der Waals surface area contributed by atoms with Crippen molar-refractivity contribution in [2.24, 2.45) is 0 Å². The summed E-state index contributed by atoms with van der Waals surface area (Å²) < 4.78 is 140. The number of rotatable bonds is 5. The van der Waals surface area contributed by atoms with Crippen LogP contribution in [0.3, 0.4) is 0 Å². The van der Waals surface area contributed by atoms with Gasteiger partial charge >= 0.3 is 12.4 Å². The molecule has 0 spiro atoms. The van der Waals surface area contributed by atoms with Crippen LogP contribution in [0.1, 0.15) is 22.3 Å². The Morgan fingerprint density at radius 1 is 0.878 bits per heavy atom. The van der Waals surface area contributed by atoms with Gasteiger partial charge in [0.05, 0.1) is 28.3 Å². The van der Waals surface area contributed by atoms with Gasteiger partial charge in [-0.05, 0) is 42.5 Å². The fraction of sp³-hybridized carbons (Fsp3) is 0.154. The highest BCUT2D eigenvalue weighted by Gasteiger charge is 2.38. The van der Waals surface area contributed by atoms with Gasteiger partial charge in [0.25, 0.3) is 5.56 Å². The number of furan rings is 1. The number of hydrogen-bond acceptors (Lipinski definition) is 5. The number of nitriles is 1. The SMILES string of the molecule is CS(=O)(=O)c1ccc(-c2ccc(-c3cc(C(F)(F)F)c(C#N)c(=O)n3Cc3ccc(F)cc3F)o2)cc1C(F)(F)F. The van der Waals surface area contributed by atoms with E-state index in [1.807, 2.05) is 0 Å². The summed E-state index contributed by atoms with van der Waals surface area (Å²) in [6, 6.07) is 8.02. The van der Waals surface area contributed by atoms with Crippen LogP contribution in [0, 0.1) is 23.0 Å². The van der Waals surface area contributed by atoms with Crippen molar-refractivity contribution in [3.8, 4) is 28.8 Å². The quantitative estimate of drug-likeness (QED) is 0.246. The van der Waals surface area contributed by atoms with Gasteiger partial charge < -0.3 is 4.42 Å². The molecule has 0 bridgehead atoms. The van der Waals surface area contributed by atoms with Gasteiger partial charge in [0.1, 0.15) is 29.0 Å². The Morgan fingerprint density at radius 2 is 1.51 bits per heavy atom. The molecule has 214 valence electrons. The highest BCUT2D eigenvalue weighted by molar-refractivity contribution is 7.90. The molecule has 0 radical (unpaired) electrons. The van der Waals surface area contributed by atoms with Crippen LogP contribution < -0.4 is 5.56 Å². The molecule has 4 rings (SSSR count). The summed E-state index contributed by atoms with van der Waals surface area (Å²) in [7, 11) is -4.30. The van der Waals surface area contributed by atoms with Gasteiger partial charge in [-0.25, -0.2) is 17.2 Å². The van der Waals surface area contributed by atoms with Crippen molar-refractivity contribution < 1.29 is 48.0 Å². The van der Waals surface area contributed by atoms with Crippen molar-refractivity contribution in [2.75, 3.05) is 6.26 Å². The molecule has 0 unspecified atom stereocenters. The van der Waals surface area contributed by atoms with Crippen LogP contribution >= 0.6 is 0 Å². The first-order valence-corrected chi connectivity index (χ1v) is 13.0. The molecule has 0 saturated heterocycles. The summed E-state index contributed by atoms with van der Waals surface area (Å²) in [5, 5.41) is 9.28. The first kappa shape index (κ1) is 29.5. The molecule has 4 aromatic rings. The average molecular weight is 602 g/mol. The number of pyridine rings is 1. The molecule has 0 fully saturated rings. The zero-order valence-electron chi connectivity index (χ0n) is 20.4. The number of benzene rings is 2. The van der Waals surface area contributed by atoms with E-state index in [2.05, 4.69) is 0 Å². The van der Waals surface area contributed by atoms with Gasteiger partial charge in [0, 0.05) is 23.4 Å². The predicted octanol–water partition coefficient (Wildman–Crippen LogP) is 6.41. The molecule has 6 nitrogen and oxygen atoms in total. The van der Waals surface area contributed by atoms with Crippen LogP contribution in [0.4, 0.5) is 35.1 Å². The Labute approximate surface area is 225 Å². The van der Waals surface area contributed by atoms with E-state index in [-0.39, 0.29) is 16.9 Å². The molecular weight excluding hydrogens is 588 g/mol. The topological polar surface area (TPSA) is 93.1 Å². The van der Waals surface area contributed by atoms with Crippen molar-refractivity contribution in [3.63, 3.8) is 0 Å². The number of aromatic nitrogens is 1. The van der Waals surface area contributed by atoms with Gasteiger partial charge in [0.15, 0.2) is 15.6 Å². The van der Waals surface area contributed by atoms with Crippen molar-refractivity contribution in [2.45, 2.75) is 23.8 Å². The summed E-state index contributed by atoms with van der Waals surface area (Å²) in [4.78, 5) is 12.0. The fourth-order valence-electron chi connectivity index (χ4n) is 4.02. The maximum absolute atomic E-state index is 14.4. The zero-order valence-corrected chi connectivity index (χ0v) is 21.2. The number of nitrogens with zero attached hydrogens (tertiary/aromatic N) is 2. The molecule has 0 aliphatic carbocycles. The van der Waals surface area contributed by atoms with Crippen molar-refractivity contribution in [3.05, 3.63) is 98.8 Å². The van der Waals surface area contributed by atoms with Crippen LogP contribution in [-0.4, -0.2) is 19.2 Å². The highest BCUT2D eigenvalue weighted by atomic mass is 32.2. The first-order valence-electron chi connectivity index (χ1n) is 11.1. The third kappa shape index (κ3) is 5.87. The lowest BCUT2D eigenvalue weighted by Gasteiger charge is -2.17. The molecule has 2 heterocycles. The third-order valence-electron chi connectivity index (χ3n) is 5.89. The summed E-state index contributed by atoms with van der Waals surface area (Å²) in [6.45, 7) is -0.773. The Balaban J connectivity index is 1.94. The highest BCUT2D eigenvalue weighted by Crippen LogP contribution is 2.39. The van der Waals surface area contributed by atoms with E-state index in [0.29, 0.717) is 35.1 Å². The van der Waals surface area contributed by atoms with Gasteiger partial charge in [-0.3, -0.25) is 9.36 Å². The molecular formula is C26H14F8N2O4S. The average Bonchev–Trinajstić information content (AvgIpc) is 3.34. The van der Waals surface area contributed by atoms with Crippen molar-refractivity contribution >= 4 is 9.84 Å². The largest absolute Gasteiger partial charge is 0.455 e. The molecule has 2 aromatic heterocycles. The van der Waals surface area contributed by atoms with Crippen LogP contribution in [-0.2, 0) is 28.7 Å². The summed E-state index contributed by atoms with van der Waals surface area (Å²) in [5.74, 6) is -2.96. The summed E-state index contributed by atoms with van der Waals surface area (Å²) in [5.41, 5.74) is -7.24. The molecule has 0 N–H and O–H groups in total. The second-order valence-corrected chi connectivity index (χ2v) is 10.7. The van der Waals surface area contributed by atoms with Gasteiger partial charge in [-0.2, -0.15) is 31.6 Å². The lowest BCUT2D eigenvalue weighted by molar-refractivity contribution is -0.140. The van der Waals surface area contributed by atoms with E-state index in [1.54, 1.807) is 0 Å².